The van der Waals surface area contributed by atoms with Gasteiger partial charge in [-0.05, 0) is 111 Å². The summed E-state index contributed by atoms with van der Waals surface area (Å²) in [7, 11) is 1.00. The number of hydrogen-bond acceptors (Lipinski definition) is 9. The number of anilines is 2. The van der Waals surface area contributed by atoms with Gasteiger partial charge in [-0.15, -0.1) is 12.6 Å². The minimum atomic E-state index is -0.511. The Bertz CT molecular complexity index is 2030. The van der Waals surface area contributed by atoms with E-state index < -0.39 is 5.91 Å². The van der Waals surface area contributed by atoms with E-state index in [-0.39, 0.29) is 0 Å². The van der Waals surface area contributed by atoms with E-state index >= 15 is 0 Å². The van der Waals surface area contributed by atoms with Crippen LogP contribution in [0.4, 0.5) is 17.1 Å². The molecule has 5 aromatic rings. The highest BCUT2D eigenvalue weighted by Gasteiger charge is 2.29. The number of aromatic amines is 1. The van der Waals surface area contributed by atoms with Gasteiger partial charge in [-0.1, -0.05) is 30.2 Å². The standard InChI is InChI=1S/C31H34ClN5O2.C12H18N2OS.CH4O/c32-24-6-4-22(5-7-24)28-3-1-2-14-37(28)20-21-11-15-36(16-12-21)25-8-9-27(30(33)38)29(18-25)39-26-17-23-10-13-34-31(23)35-19-26;13-11-7-10(16)1-2-12(11)14-8-9-3-5-15-6-4-9;1-2/h4-10,13,17-19,21,28H,1-3,11-12,14-16,20H2,(H2,33,38)(H,34,35);1-2,7,9,14,16H,3-6,8,13H2;2H,1H3/p+1. The molecule has 1 atom stereocenters. The van der Waals surface area contributed by atoms with Crippen molar-refractivity contribution < 1.29 is 25.1 Å². The van der Waals surface area contributed by atoms with Crippen LogP contribution >= 0.6 is 24.2 Å². The van der Waals surface area contributed by atoms with Gasteiger partial charge in [0.15, 0.2) is 5.69 Å². The average Bonchev–Trinajstić information content (AvgIpc) is 3.71. The molecule has 8 N–H and O–H groups in total. The molecule has 8 rings (SSSR count). The number of benzene rings is 3. The number of aromatic nitrogens is 2. The van der Waals surface area contributed by atoms with Gasteiger partial charge in [-0.25, -0.2) is 4.98 Å². The van der Waals surface area contributed by atoms with E-state index in [0.29, 0.717) is 29.0 Å². The number of nitrogens with one attached hydrogen (secondary N) is 2. The number of quaternary nitrogens is 1. The Kier molecular flexibility index (Phi) is 15.5. The Morgan fingerprint density at radius 3 is 2.49 bits per heavy atom. The Morgan fingerprint density at radius 1 is 0.982 bits per heavy atom. The molecule has 2 aromatic heterocycles. The number of piperidine rings is 2. The van der Waals surface area contributed by atoms with Crippen LogP contribution in [0.15, 0.2) is 90.1 Å². The molecular weight excluding hydrogens is 758 g/mol. The van der Waals surface area contributed by atoms with Gasteiger partial charge >= 0.3 is 0 Å². The summed E-state index contributed by atoms with van der Waals surface area (Å²) in [5.41, 5.74) is 15.4. The summed E-state index contributed by atoms with van der Waals surface area (Å²) in [5.74, 6) is 1.90. The molecule has 0 radical (unpaired) electrons. The Balaban J connectivity index is 0.000000255. The number of amides is 1. The van der Waals surface area contributed by atoms with Crippen molar-refractivity contribution in [2.75, 3.05) is 63.3 Å². The summed E-state index contributed by atoms with van der Waals surface area (Å²) in [6.45, 7) is 7.04. The van der Waals surface area contributed by atoms with Crippen molar-refractivity contribution in [3.05, 3.63) is 101 Å². The first-order valence-corrected chi connectivity index (χ1v) is 20.8. The van der Waals surface area contributed by atoms with E-state index in [2.05, 4.69) is 55.6 Å². The number of ether oxygens (including phenoxy) is 2. The maximum Gasteiger partial charge on any atom is 0.252 e. The van der Waals surface area contributed by atoms with E-state index in [4.69, 9.17) is 31.9 Å². The fourth-order valence-electron chi connectivity index (χ4n) is 8.03. The number of halogens is 1. The highest BCUT2D eigenvalue weighted by molar-refractivity contribution is 7.80. The third-order valence-electron chi connectivity index (χ3n) is 11.2. The topological polar surface area (TPSA) is 157 Å². The molecule has 5 heterocycles. The second-order valence-electron chi connectivity index (χ2n) is 15.0. The van der Waals surface area contributed by atoms with Crippen molar-refractivity contribution in [3.8, 4) is 11.5 Å². The van der Waals surface area contributed by atoms with Crippen LogP contribution < -0.4 is 26.4 Å². The number of thiol groups is 1. The molecule has 3 saturated heterocycles. The summed E-state index contributed by atoms with van der Waals surface area (Å²) in [5, 5.41) is 12.2. The second-order valence-corrected chi connectivity index (χ2v) is 16.0. The normalized spacial score (nSPS) is 17.9. The first-order chi connectivity index (χ1) is 27.8. The van der Waals surface area contributed by atoms with Gasteiger partial charge in [-0.2, -0.15) is 0 Å². The van der Waals surface area contributed by atoms with Gasteiger partial charge in [-0.3, -0.25) is 9.69 Å². The lowest BCUT2D eigenvalue weighted by atomic mass is 9.91. The smallest absolute Gasteiger partial charge is 0.252 e. The van der Waals surface area contributed by atoms with E-state index in [0.717, 1.165) is 123 Å². The van der Waals surface area contributed by atoms with Crippen LogP contribution in [0.1, 0.15) is 66.9 Å². The molecule has 304 valence electrons. The number of rotatable bonds is 10. The monoisotopic (exact) mass is 814 g/mol. The minimum absolute atomic E-state index is 0.362. The zero-order chi connectivity index (χ0) is 40.1. The van der Waals surface area contributed by atoms with Crippen LogP contribution in [0.2, 0.25) is 5.02 Å². The van der Waals surface area contributed by atoms with Crippen molar-refractivity contribution in [3.63, 3.8) is 0 Å². The molecule has 1 unspecified atom stereocenters. The maximum absolute atomic E-state index is 12.1. The number of aliphatic hydroxyl groups excluding tert-OH is 1. The SMILES string of the molecule is CO.NC(=O)c1ccc(N2CCC(CN3CCCCC3c3ccc(Cl)cc3)CC2)cc1Oc1cnc2[nH]ccc2c1.[NH3+]c1cc(S)ccc1NCC1CCOCC1. The first-order valence-electron chi connectivity index (χ1n) is 20.0. The molecule has 1 amide bonds. The average molecular weight is 816 g/mol. The Morgan fingerprint density at radius 2 is 1.75 bits per heavy atom. The van der Waals surface area contributed by atoms with Crippen LogP contribution in [0.25, 0.3) is 11.0 Å². The van der Waals surface area contributed by atoms with Crippen LogP contribution in [0.3, 0.4) is 0 Å². The first kappa shape index (κ1) is 42.3. The number of carbonyl (C=O) groups is 1. The number of nitrogens with two attached hydrogens (primary N) is 1. The van der Waals surface area contributed by atoms with Gasteiger partial charge in [0.2, 0.25) is 0 Å². The summed E-state index contributed by atoms with van der Waals surface area (Å²) < 4.78 is 11.5. The Hall–Kier alpha value is -4.30. The van der Waals surface area contributed by atoms with E-state index in [1.54, 1.807) is 12.3 Å². The summed E-state index contributed by atoms with van der Waals surface area (Å²) in [6.07, 6.45) is 11.8. The Labute approximate surface area is 346 Å². The molecule has 0 saturated carbocycles. The van der Waals surface area contributed by atoms with E-state index in [1.165, 1.54) is 24.8 Å². The van der Waals surface area contributed by atoms with Gasteiger partial charge < -0.3 is 41.2 Å². The predicted molar refractivity (Wildman–Crippen MR) is 232 cm³/mol. The highest BCUT2D eigenvalue weighted by atomic mass is 35.5. The number of pyridine rings is 1. The molecule has 3 aromatic carbocycles. The molecule has 0 spiro atoms. The van der Waals surface area contributed by atoms with E-state index in [9.17, 15) is 4.79 Å². The van der Waals surface area contributed by atoms with Crippen molar-refractivity contribution in [1.29, 1.82) is 0 Å². The van der Waals surface area contributed by atoms with E-state index in [1.807, 2.05) is 60.8 Å². The molecular formula is C44H57ClN7O4S+. The maximum atomic E-state index is 12.1. The number of likely N-dealkylation sites (tertiary alicyclic amines) is 1. The fourth-order valence-corrected chi connectivity index (χ4v) is 8.39. The fraction of sp³-hybridized carbons (Fsp3) is 0.409. The lowest BCUT2D eigenvalue weighted by Gasteiger charge is -2.41. The van der Waals surface area contributed by atoms with Crippen molar-refractivity contribution >= 4 is 58.2 Å². The zero-order valence-electron chi connectivity index (χ0n) is 32.8. The molecule has 3 aliphatic rings. The van der Waals surface area contributed by atoms with Gasteiger partial charge in [0.1, 0.15) is 17.1 Å². The van der Waals surface area contributed by atoms with Crippen LogP contribution in [0.5, 0.6) is 11.5 Å². The number of nitrogens with zero attached hydrogens (tertiary/aromatic N) is 3. The number of aliphatic hydroxyl groups is 1. The lowest BCUT2D eigenvalue weighted by Crippen LogP contribution is -2.41. The van der Waals surface area contributed by atoms with Crippen LogP contribution in [0, 0.1) is 11.8 Å². The van der Waals surface area contributed by atoms with Gasteiger partial charge in [0.05, 0.1) is 17.4 Å². The van der Waals surface area contributed by atoms with Crippen LogP contribution in [-0.2, 0) is 4.74 Å². The number of hydrogen-bond donors (Lipinski definition) is 6. The van der Waals surface area contributed by atoms with Gasteiger partial charge in [0, 0.05) is 91.9 Å². The molecule has 3 aliphatic heterocycles. The molecule has 0 aliphatic carbocycles. The number of carbonyl (C=O) groups excluding carboxylic acids is 1. The summed E-state index contributed by atoms with van der Waals surface area (Å²) >= 11 is 10.4. The zero-order valence-corrected chi connectivity index (χ0v) is 34.5. The molecule has 11 nitrogen and oxygen atoms in total. The van der Waals surface area contributed by atoms with Crippen molar-refractivity contribution in [1.82, 2.24) is 14.9 Å². The van der Waals surface area contributed by atoms with Crippen molar-refractivity contribution in [2.45, 2.75) is 55.9 Å². The number of primary amides is 1. The van der Waals surface area contributed by atoms with Crippen molar-refractivity contribution in [2.24, 2.45) is 17.6 Å². The molecule has 0 bridgehead atoms. The number of fused-ring (bicyclic) bond motifs is 1. The van der Waals surface area contributed by atoms with Gasteiger partial charge in [0.25, 0.3) is 5.91 Å². The second kappa shape index (κ2) is 20.9. The predicted octanol–water partition coefficient (Wildman–Crippen LogP) is 7.85. The lowest BCUT2D eigenvalue weighted by molar-refractivity contribution is -0.253. The molecule has 57 heavy (non-hydrogen) atoms. The molecule has 3 fully saturated rings. The highest BCUT2D eigenvalue weighted by Crippen LogP contribution is 2.36. The largest absolute Gasteiger partial charge is 0.455 e. The third-order valence-corrected chi connectivity index (χ3v) is 11.7. The molecule has 13 heteroatoms. The number of H-pyrrole nitrogens is 1. The summed E-state index contributed by atoms with van der Waals surface area (Å²) in [6, 6.07) is 24.4. The minimum Gasteiger partial charge on any atom is -0.455 e. The quantitative estimate of drug-likeness (QED) is 0.0779. The van der Waals surface area contributed by atoms with Crippen LogP contribution in [-0.4, -0.2) is 78.9 Å². The third kappa shape index (κ3) is 11.6. The summed E-state index contributed by atoms with van der Waals surface area (Å²) in [4.78, 5) is 25.6.